The van der Waals surface area contributed by atoms with Crippen molar-refractivity contribution in [2.75, 3.05) is 19.8 Å². The van der Waals surface area contributed by atoms with Crippen LogP contribution in [0.1, 0.15) is 33.1 Å². The second-order valence-electron chi connectivity index (χ2n) is 3.14. The van der Waals surface area contributed by atoms with Gasteiger partial charge >= 0.3 is 0 Å². The Bertz CT molecular complexity index is 153. The van der Waals surface area contributed by atoms with Gasteiger partial charge in [0.25, 0.3) is 0 Å². The van der Waals surface area contributed by atoms with Crippen molar-refractivity contribution in [3.05, 3.63) is 0 Å². The van der Waals surface area contributed by atoms with Gasteiger partial charge in [0.1, 0.15) is 11.1 Å². The number of thiocarbonyl (C=S) groups is 1. The van der Waals surface area contributed by atoms with Crippen molar-refractivity contribution < 1.29 is 9.47 Å². The molecule has 3 nitrogen and oxygen atoms in total. The molecular weight excluding hydrogens is 198 g/mol. The van der Waals surface area contributed by atoms with Crippen LogP contribution in [0.2, 0.25) is 0 Å². The van der Waals surface area contributed by atoms with Crippen LogP contribution >= 0.6 is 12.2 Å². The summed E-state index contributed by atoms with van der Waals surface area (Å²) in [5.74, 6) is 0. The van der Waals surface area contributed by atoms with Gasteiger partial charge in [0.15, 0.2) is 0 Å². The number of unbranched alkanes of at least 4 members (excludes halogenated alkanes) is 1. The number of nitrogens with two attached hydrogens (primary N) is 1. The van der Waals surface area contributed by atoms with Crippen LogP contribution in [0.15, 0.2) is 0 Å². The van der Waals surface area contributed by atoms with Crippen LogP contribution in [0.3, 0.4) is 0 Å². The van der Waals surface area contributed by atoms with Crippen molar-refractivity contribution in [1.29, 1.82) is 0 Å². The topological polar surface area (TPSA) is 44.5 Å². The minimum Gasteiger partial charge on any atom is -0.391 e. The first-order valence-electron chi connectivity index (χ1n) is 5.21. The third kappa shape index (κ3) is 7.24. The van der Waals surface area contributed by atoms with Gasteiger partial charge in [0.2, 0.25) is 0 Å². The van der Waals surface area contributed by atoms with Crippen LogP contribution in [-0.4, -0.2) is 30.9 Å². The van der Waals surface area contributed by atoms with Gasteiger partial charge in [-0.2, -0.15) is 0 Å². The maximum atomic E-state index is 5.48. The van der Waals surface area contributed by atoms with Gasteiger partial charge in [-0.05, 0) is 12.8 Å². The van der Waals surface area contributed by atoms with E-state index in [0.717, 1.165) is 25.9 Å². The Morgan fingerprint density at radius 2 is 2.00 bits per heavy atom. The third-order valence-electron chi connectivity index (χ3n) is 1.88. The van der Waals surface area contributed by atoms with Crippen LogP contribution in [0.4, 0.5) is 0 Å². The Kier molecular flexibility index (Phi) is 9.24. The maximum absolute atomic E-state index is 5.48. The molecule has 0 aromatic carbocycles. The van der Waals surface area contributed by atoms with E-state index in [4.69, 9.17) is 27.4 Å². The molecule has 0 saturated carbocycles. The maximum Gasteiger partial charge on any atom is 0.107 e. The molecule has 0 amide bonds. The van der Waals surface area contributed by atoms with Gasteiger partial charge < -0.3 is 15.2 Å². The quantitative estimate of drug-likeness (QED) is 0.475. The number of rotatable bonds is 9. The monoisotopic (exact) mass is 219 g/mol. The zero-order chi connectivity index (χ0) is 10.8. The molecule has 0 aromatic rings. The van der Waals surface area contributed by atoms with E-state index in [1.165, 1.54) is 0 Å². The molecule has 14 heavy (non-hydrogen) atoms. The second kappa shape index (κ2) is 9.37. The van der Waals surface area contributed by atoms with Crippen molar-refractivity contribution in [1.82, 2.24) is 0 Å². The Morgan fingerprint density at radius 3 is 2.50 bits per heavy atom. The second-order valence-corrected chi connectivity index (χ2v) is 3.61. The summed E-state index contributed by atoms with van der Waals surface area (Å²) in [5, 5.41) is 0. The lowest BCUT2D eigenvalue weighted by molar-refractivity contribution is 0.0286. The first-order valence-corrected chi connectivity index (χ1v) is 5.61. The molecule has 0 bridgehead atoms. The summed E-state index contributed by atoms with van der Waals surface area (Å²) in [5.41, 5.74) is 5.48. The predicted molar refractivity (Wildman–Crippen MR) is 62.5 cm³/mol. The van der Waals surface area contributed by atoms with Crippen LogP contribution in [-0.2, 0) is 9.47 Å². The summed E-state index contributed by atoms with van der Waals surface area (Å²) < 4.78 is 10.8. The minimum absolute atomic E-state index is 0.0974. The third-order valence-corrected chi connectivity index (χ3v) is 2.14. The Morgan fingerprint density at radius 1 is 1.29 bits per heavy atom. The first-order chi connectivity index (χ1) is 6.72. The fraction of sp³-hybridized carbons (Fsp3) is 0.900. The Labute approximate surface area is 91.9 Å². The fourth-order valence-electron chi connectivity index (χ4n) is 0.999. The molecule has 0 radical (unpaired) electrons. The average Bonchev–Trinajstić information content (AvgIpc) is 2.16. The van der Waals surface area contributed by atoms with E-state index < -0.39 is 0 Å². The van der Waals surface area contributed by atoms with Gasteiger partial charge in [-0.15, -0.1) is 0 Å². The highest BCUT2D eigenvalue weighted by Gasteiger charge is 2.08. The predicted octanol–water partition coefficient (Wildman–Crippen LogP) is 1.88. The highest BCUT2D eigenvalue weighted by Crippen LogP contribution is 1.98. The molecule has 0 rings (SSSR count). The summed E-state index contributed by atoms with van der Waals surface area (Å²) in [6.45, 7) is 6.14. The molecule has 84 valence electrons. The molecule has 0 saturated heterocycles. The van der Waals surface area contributed by atoms with E-state index >= 15 is 0 Å². The van der Waals surface area contributed by atoms with Crippen molar-refractivity contribution >= 4 is 17.2 Å². The van der Waals surface area contributed by atoms with E-state index in [0.29, 0.717) is 18.2 Å². The van der Waals surface area contributed by atoms with Crippen LogP contribution in [0.25, 0.3) is 0 Å². The number of ether oxygens (including phenoxy) is 2. The number of hydrogen-bond acceptors (Lipinski definition) is 3. The molecule has 4 heteroatoms. The molecule has 0 aliphatic heterocycles. The summed E-state index contributed by atoms with van der Waals surface area (Å²) >= 11 is 4.85. The van der Waals surface area contributed by atoms with Crippen molar-refractivity contribution in [3.8, 4) is 0 Å². The molecule has 0 aliphatic carbocycles. The van der Waals surface area contributed by atoms with Crippen LogP contribution in [0.5, 0.6) is 0 Å². The molecule has 0 heterocycles. The summed E-state index contributed by atoms with van der Waals surface area (Å²) in [6, 6.07) is 0. The fourth-order valence-corrected chi connectivity index (χ4v) is 1.23. The van der Waals surface area contributed by atoms with Crippen LogP contribution < -0.4 is 5.73 Å². The standard InChI is InChI=1S/C10H21NO2S/c1-3-5-6-12-7-8-13-9(4-2)10(11)14/h9H,3-8H2,1-2H3,(H2,11,14). The van der Waals surface area contributed by atoms with Crippen molar-refractivity contribution in [2.24, 2.45) is 5.73 Å². The molecule has 0 aliphatic rings. The SMILES string of the molecule is CCCCOCCOC(CC)C(N)=S. The Balaban J connectivity index is 3.29. The Hall–Kier alpha value is -0.190. The lowest BCUT2D eigenvalue weighted by atomic mass is 10.3. The summed E-state index contributed by atoms with van der Waals surface area (Å²) in [7, 11) is 0. The molecular formula is C10H21NO2S. The normalized spacial score (nSPS) is 12.7. The highest BCUT2D eigenvalue weighted by molar-refractivity contribution is 7.80. The largest absolute Gasteiger partial charge is 0.391 e. The van der Waals surface area contributed by atoms with Gasteiger partial charge in [-0.3, -0.25) is 0 Å². The molecule has 0 fully saturated rings. The van der Waals surface area contributed by atoms with Crippen molar-refractivity contribution in [2.45, 2.75) is 39.2 Å². The molecule has 1 atom stereocenters. The van der Waals surface area contributed by atoms with Gasteiger partial charge in [0.05, 0.1) is 13.2 Å². The van der Waals surface area contributed by atoms with Gasteiger partial charge in [-0.25, -0.2) is 0 Å². The lowest BCUT2D eigenvalue weighted by Gasteiger charge is -2.14. The zero-order valence-corrected chi connectivity index (χ0v) is 9.94. The van der Waals surface area contributed by atoms with E-state index in [-0.39, 0.29) is 6.10 Å². The molecule has 0 spiro atoms. The van der Waals surface area contributed by atoms with E-state index in [1.807, 2.05) is 6.92 Å². The average molecular weight is 219 g/mol. The first kappa shape index (κ1) is 13.8. The summed E-state index contributed by atoms with van der Waals surface area (Å²) in [6.07, 6.45) is 2.99. The lowest BCUT2D eigenvalue weighted by Crippen LogP contribution is -2.29. The van der Waals surface area contributed by atoms with E-state index in [1.54, 1.807) is 0 Å². The molecule has 0 aromatic heterocycles. The molecule has 2 N–H and O–H groups in total. The van der Waals surface area contributed by atoms with E-state index in [9.17, 15) is 0 Å². The molecule has 1 unspecified atom stereocenters. The highest BCUT2D eigenvalue weighted by atomic mass is 32.1. The van der Waals surface area contributed by atoms with Crippen molar-refractivity contribution in [3.63, 3.8) is 0 Å². The summed E-state index contributed by atoms with van der Waals surface area (Å²) in [4.78, 5) is 0.432. The van der Waals surface area contributed by atoms with Gasteiger partial charge in [0, 0.05) is 6.61 Å². The smallest absolute Gasteiger partial charge is 0.107 e. The van der Waals surface area contributed by atoms with Gasteiger partial charge in [-0.1, -0.05) is 32.5 Å². The minimum atomic E-state index is -0.0974. The van der Waals surface area contributed by atoms with Crippen LogP contribution in [0, 0.1) is 0 Å². The zero-order valence-electron chi connectivity index (χ0n) is 9.12. The number of hydrogen-bond donors (Lipinski definition) is 1. The van der Waals surface area contributed by atoms with E-state index in [2.05, 4.69) is 6.92 Å².